The molecule has 3 aromatic rings. The van der Waals surface area contributed by atoms with Crippen molar-refractivity contribution in [2.75, 3.05) is 0 Å². The fourth-order valence-electron chi connectivity index (χ4n) is 2.39. The highest BCUT2D eigenvalue weighted by atomic mass is 16.7. The van der Waals surface area contributed by atoms with Crippen molar-refractivity contribution in [3.63, 3.8) is 0 Å². The van der Waals surface area contributed by atoms with E-state index in [4.69, 9.17) is 4.84 Å². The Bertz CT molecular complexity index is 856. The number of hydrogen-bond donors (Lipinski definition) is 0. The monoisotopic (exact) mass is 289 g/mol. The molecule has 0 unspecified atom stereocenters. The minimum Gasteiger partial charge on any atom is -0.313 e. The van der Waals surface area contributed by atoms with E-state index in [1.165, 1.54) is 0 Å². The first kappa shape index (κ1) is 14.0. The van der Waals surface area contributed by atoms with Gasteiger partial charge in [0.05, 0.1) is 6.21 Å². The summed E-state index contributed by atoms with van der Waals surface area (Å²) in [5.74, 6) is -0.527. The van der Waals surface area contributed by atoms with E-state index in [0.717, 1.165) is 27.1 Å². The molecule has 22 heavy (non-hydrogen) atoms. The fourth-order valence-corrected chi connectivity index (χ4v) is 2.39. The van der Waals surface area contributed by atoms with Crippen LogP contribution in [0.4, 0.5) is 0 Å². The summed E-state index contributed by atoms with van der Waals surface area (Å²) in [7, 11) is 0. The molecule has 0 heterocycles. The van der Waals surface area contributed by atoms with Gasteiger partial charge in [-0.2, -0.15) is 0 Å². The third-order valence-corrected chi connectivity index (χ3v) is 3.48. The normalized spacial score (nSPS) is 11.1. The van der Waals surface area contributed by atoms with Crippen LogP contribution in [0, 0.1) is 0 Å². The Balaban J connectivity index is 2.14. The second kappa shape index (κ2) is 5.82. The molecule has 3 heteroatoms. The second-order valence-electron chi connectivity index (χ2n) is 5.13. The van der Waals surface area contributed by atoms with Crippen LogP contribution in [-0.4, -0.2) is 12.2 Å². The van der Waals surface area contributed by atoms with Crippen LogP contribution in [0.1, 0.15) is 12.5 Å². The maximum absolute atomic E-state index is 11.4. The van der Waals surface area contributed by atoms with Crippen LogP contribution >= 0.6 is 0 Å². The molecule has 0 amide bonds. The van der Waals surface area contributed by atoms with Crippen LogP contribution in [0.2, 0.25) is 0 Å². The van der Waals surface area contributed by atoms with E-state index in [1.807, 2.05) is 36.4 Å². The van der Waals surface area contributed by atoms with Crippen molar-refractivity contribution in [3.05, 3.63) is 72.3 Å². The van der Waals surface area contributed by atoms with Gasteiger partial charge in [-0.3, -0.25) is 0 Å². The van der Waals surface area contributed by atoms with Gasteiger partial charge in [0.2, 0.25) is 0 Å². The van der Waals surface area contributed by atoms with E-state index < -0.39 is 5.97 Å². The number of carbonyl (C=O) groups is 1. The molecule has 0 aromatic heterocycles. The predicted octanol–water partition coefficient (Wildman–Crippen LogP) is 4.45. The van der Waals surface area contributed by atoms with E-state index >= 15 is 0 Å². The molecule has 0 spiro atoms. The van der Waals surface area contributed by atoms with Gasteiger partial charge in [0.1, 0.15) is 0 Å². The zero-order valence-electron chi connectivity index (χ0n) is 12.2. The zero-order valence-corrected chi connectivity index (χ0v) is 12.2. The molecule has 0 N–H and O–H groups in total. The van der Waals surface area contributed by atoms with Crippen molar-refractivity contribution >= 4 is 33.7 Å². The molecule has 0 aliphatic rings. The van der Waals surface area contributed by atoms with Crippen LogP contribution in [-0.2, 0) is 9.63 Å². The van der Waals surface area contributed by atoms with Gasteiger partial charge in [-0.15, -0.1) is 0 Å². The van der Waals surface area contributed by atoms with Crippen LogP contribution in [0.3, 0.4) is 0 Å². The average molecular weight is 289 g/mol. The Morgan fingerprint density at radius 2 is 1.59 bits per heavy atom. The lowest BCUT2D eigenvalue weighted by molar-refractivity contribution is -0.138. The molecule has 3 aromatic carbocycles. The minimum absolute atomic E-state index is 0.319. The molecule has 3 rings (SSSR count). The lowest BCUT2D eigenvalue weighted by Crippen LogP contribution is -2.00. The summed E-state index contributed by atoms with van der Waals surface area (Å²) < 4.78 is 0. The lowest BCUT2D eigenvalue weighted by atomic mass is 9.97. The molecule has 0 saturated carbocycles. The molecular weight excluding hydrogens is 274 g/mol. The fraction of sp³-hybridized carbons (Fsp3) is 0.0526. The number of nitrogens with zero attached hydrogens (tertiary/aromatic N) is 1. The van der Waals surface area contributed by atoms with E-state index in [-0.39, 0.29) is 0 Å². The number of fused-ring (bicyclic) bond motifs is 2. The highest BCUT2D eigenvalue weighted by Crippen LogP contribution is 2.27. The van der Waals surface area contributed by atoms with Crippen LogP contribution < -0.4 is 0 Å². The van der Waals surface area contributed by atoms with Crippen molar-refractivity contribution in [1.29, 1.82) is 0 Å². The Hall–Kier alpha value is -2.94. The van der Waals surface area contributed by atoms with Gasteiger partial charge >= 0.3 is 5.97 Å². The van der Waals surface area contributed by atoms with Crippen LogP contribution in [0.25, 0.3) is 21.5 Å². The number of oxime groups is 1. The topological polar surface area (TPSA) is 38.7 Å². The van der Waals surface area contributed by atoms with Gasteiger partial charge in [0, 0.05) is 11.1 Å². The van der Waals surface area contributed by atoms with E-state index in [1.54, 1.807) is 13.1 Å². The number of benzene rings is 3. The summed E-state index contributed by atoms with van der Waals surface area (Å²) >= 11 is 0. The van der Waals surface area contributed by atoms with Gasteiger partial charge in [0.25, 0.3) is 0 Å². The number of hydrogen-bond acceptors (Lipinski definition) is 3. The Kier molecular flexibility index (Phi) is 3.71. The smallest absolute Gasteiger partial charge is 0.313 e. The summed E-state index contributed by atoms with van der Waals surface area (Å²) in [4.78, 5) is 16.3. The third kappa shape index (κ3) is 2.61. The van der Waals surface area contributed by atoms with Gasteiger partial charge in [-0.25, -0.2) is 4.79 Å². The van der Waals surface area contributed by atoms with Crippen molar-refractivity contribution in [2.24, 2.45) is 5.16 Å². The quantitative estimate of drug-likeness (QED) is 0.235. The first-order chi connectivity index (χ1) is 10.7. The molecule has 108 valence electrons. The largest absolute Gasteiger partial charge is 0.360 e. The Morgan fingerprint density at radius 3 is 2.14 bits per heavy atom. The summed E-state index contributed by atoms with van der Waals surface area (Å²) in [5.41, 5.74) is 1.25. The standard InChI is InChI=1S/C19H15NO2/c1-13(2)19(21)22-20-12-18-16-9-5-3-7-14(16)11-15-8-4-6-10-17(15)18/h3-12H,1H2,2H3. The van der Waals surface area contributed by atoms with E-state index in [0.29, 0.717) is 5.57 Å². The summed E-state index contributed by atoms with van der Waals surface area (Å²) in [5, 5.41) is 8.20. The minimum atomic E-state index is -0.527. The molecule has 0 aliphatic carbocycles. The second-order valence-corrected chi connectivity index (χ2v) is 5.13. The molecule has 0 fully saturated rings. The van der Waals surface area contributed by atoms with Crippen molar-refractivity contribution in [3.8, 4) is 0 Å². The highest BCUT2D eigenvalue weighted by Gasteiger charge is 2.06. The van der Waals surface area contributed by atoms with E-state index in [2.05, 4.69) is 29.9 Å². The van der Waals surface area contributed by atoms with Crippen molar-refractivity contribution in [1.82, 2.24) is 0 Å². The van der Waals surface area contributed by atoms with Gasteiger partial charge < -0.3 is 4.84 Å². The Labute approximate surface area is 128 Å². The summed E-state index contributed by atoms with van der Waals surface area (Å²) in [6.07, 6.45) is 1.59. The molecule has 0 radical (unpaired) electrons. The SMILES string of the molecule is C=C(C)C(=O)ON=Cc1c2ccccc2cc2ccccc12. The number of carbonyl (C=O) groups excluding carboxylic acids is 1. The van der Waals surface area contributed by atoms with Gasteiger partial charge in [0.15, 0.2) is 0 Å². The Morgan fingerprint density at radius 1 is 1.05 bits per heavy atom. The zero-order chi connectivity index (χ0) is 15.5. The van der Waals surface area contributed by atoms with E-state index in [9.17, 15) is 4.79 Å². The summed E-state index contributed by atoms with van der Waals surface area (Å²) in [6.45, 7) is 5.12. The molecular formula is C19H15NO2. The van der Waals surface area contributed by atoms with Crippen LogP contribution in [0.5, 0.6) is 0 Å². The van der Waals surface area contributed by atoms with Crippen LogP contribution in [0.15, 0.2) is 71.9 Å². The molecule has 0 bridgehead atoms. The highest BCUT2D eigenvalue weighted by molar-refractivity contribution is 6.13. The maximum atomic E-state index is 11.4. The van der Waals surface area contributed by atoms with Gasteiger partial charge in [-0.1, -0.05) is 60.3 Å². The third-order valence-electron chi connectivity index (χ3n) is 3.48. The number of rotatable bonds is 3. The molecule has 0 atom stereocenters. The van der Waals surface area contributed by atoms with Crippen molar-refractivity contribution < 1.29 is 9.63 Å². The average Bonchev–Trinajstić information content (AvgIpc) is 2.53. The van der Waals surface area contributed by atoms with Gasteiger partial charge in [-0.05, 0) is 34.5 Å². The predicted molar refractivity (Wildman–Crippen MR) is 90.0 cm³/mol. The summed E-state index contributed by atoms with van der Waals surface area (Å²) in [6, 6.07) is 18.3. The van der Waals surface area contributed by atoms with Crippen molar-refractivity contribution in [2.45, 2.75) is 6.92 Å². The molecule has 0 aliphatic heterocycles. The first-order valence-electron chi connectivity index (χ1n) is 6.97. The molecule has 3 nitrogen and oxygen atoms in total. The maximum Gasteiger partial charge on any atom is 0.360 e. The lowest BCUT2D eigenvalue weighted by Gasteiger charge is -2.07. The molecule has 0 saturated heterocycles. The first-order valence-corrected chi connectivity index (χ1v) is 6.97.